The number of anilines is 2. The monoisotopic (exact) mass is 240 g/mol. The van der Waals surface area contributed by atoms with E-state index in [2.05, 4.69) is 11.9 Å². The number of carbonyl (C=O) groups is 1. The number of methoxy groups -OCH3 is 1. The van der Waals surface area contributed by atoms with Crippen molar-refractivity contribution in [1.82, 2.24) is 0 Å². The molecule has 0 spiro atoms. The lowest BCUT2D eigenvalue weighted by atomic mass is 10.3. The van der Waals surface area contributed by atoms with E-state index in [1.165, 1.54) is 25.4 Å². The van der Waals surface area contributed by atoms with E-state index in [1.54, 1.807) is 0 Å². The lowest BCUT2D eigenvalue weighted by molar-refractivity contribution is 0.102. The van der Waals surface area contributed by atoms with Gasteiger partial charge in [-0.05, 0) is 6.92 Å². The second-order valence-electron chi connectivity index (χ2n) is 3.57. The highest BCUT2D eigenvalue weighted by Gasteiger charge is 2.18. The molecule has 0 saturated heterocycles. The van der Waals surface area contributed by atoms with Gasteiger partial charge in [-0.25, -0.2) is 0 Å². The summed E-state index contributed by atoms with van der Waals surface area (Å²) in [6.07, 6.45) is 0. The van der Waals surface area contributed by atoms with Crippen LogP contribution in [0.3, 0.4) is 0 Å². The molecule has 0 aromatic carbocycles. The Morgan fingerprint density at radius 1 is 1.56 bits per heavy atom. The molecule has 0 aliphatic rings. The average molecular weight is 240 g/mol. The average Bonchev–Trinajstić information content (AvgIpc) is 2.51. The van der Waals surface area contributed by atoms with E-state index in [0.717, 1.165) is 10.6 Å². The number of nitrogen functional groups attached to an aromatic ring is 1. The zero-order chi connectivity index (χ0) is 12.3. The summed E-state index contributed by atoms with van der Waals surface area (Å²) in [6.45, 7) is 7.83. The molecule has 1 aromatic rings. The Morgan fingerprint density at radius 2 is 2.19 bits per heavy atom. The quantitative estimate of drug-likeness (QED) is 0.613. The molecule has 0 amide bonds. The number of nitrogens with one attached hydrogen (secondary N) is 1. The summed E-state index contributed by atoms with van der Waals surface area (Å²) in [5.74, 6) is 0.487. The Labute approximate surface area is 99.1 Å². The van der Waals surface area contributed by atoms with E-state index in [4.69, 9.17) is 10.5 Å². The van der Waals surface area contributed by atoms with Crippen LogP contribution in [0.15, 0.2) is 12.2 Å². The second-order valence-corrected chi connectivity index (χ2v) is 4.59. The van der Waals surface area contributed by atoms with E-state index >= 15 is 0 Å². The van der Waals surface area contributed by atoms with Gasteiger partial charge in [0.25, 0.3) is 0 Å². The van der Waals surface area contributed by atoms with Crippen molar-refractivity contribution in [2.24, 2.45) is 0 Å². The lowest BCUT2D eigenvalue weighted by Crippen LogP contribution is -2.01. The van der Waals surface area contributed by atoms with Crippen LogP contribution < -0.4 is 15.8 Å². The molecule has 1 aromatic heterocycles. The first-order valence-corrected chi connectivity index (χ1v) is 5.64. The molecular weight excluding hydrogens is 224 g/mol. The molecule has 0 radical (unpaired) electrons. The van der Waals surface area contributed by atoms with Gasteiger partial charge in [-0.1, -0.05) is 12.2 Å². The molecule has 16 heavy (non-hydrogen) atoms. The molecule has 88 valence electrons. The molecule has 0 aliphatic carbocycles. The van der Waals surface area contributed by atoms with Gasteiger partial charge in [-0.2, -0.15) is 0 Å². The largest absolute Gasteiger partial charge is 0.492 e. The van der Waals surface area contributed by atoms with Crippen molar-refractivity contribution in [3.8, 4) is 5.75 Å². The molecule has 3 N–H and O–H groups in total. The summed E-state index contributed by atoms with van der Waals surface area (Å²) in [7, 11) is 1.54. The molecule has 0 aliphatic heterocycles. The van der Waals surface area contributed by atoms with Crippen molar-refractivity contribution in [1.29, 1.82) is 0 Å². The number of ketones is 1. The number of hydrogen-bond acceptors (Lipinski definition) is 5. The van der Waals surface area contributed by atoms with Crippen LogP contribution in [0.4, 0.5) is 10.7 Å². The van der Waals surface area contributed by atoms with E-state index in [1.807, 2.05) is 6.92 Å². The summed E-state index contributed by atoms with van der Waals surface area (Å²) in [5.41, 5.74) is 7.23. The van der Waals surface area contributed by atoms with Crippen LogP contribution in [0.5, 0.6) is 5.75 Å². The Balaban J connectivity index is 3.03. The second kappa shape index (κ2) is 5.03. The standard InChI is InChI=1S/C11H16N2O2S/c1-6(2)5-13-11-9(15-4)8(12)10(16-11)7(3)14/h13H,1,5,12H2,2-4H3. The molecule has 0 atom stereocenters. The number of ether oxygens (including phenoxy) is 1. The smallest absolute Gasteiger partial charge is 0.176 e. The lowest BCUT2D eigenvalue weighted by Gasteiger charge is -2.06. The number of Topliss-reactive ketones (excluding diaryl/α,β-unsaturated/α-hetero) is 1. The maximum absolute atomic E-state index is 11.3. The Morgan fingerprint density at radius 3 is 2.62 bits per heavy atom. The first kappa shape index (κ1) is 12.6. The fourth-order valence-corrected chi connectivity index (χ4v) is 2.22. The molecule has 0 saturated carbocycles. The van der Waals surface area contributed by atoms with E-state index in [-0.39, 0.29) is 5.78 Å². The predicted octanol–water partition coefficient (Wildman–Crippen LogP) is 2.53. The van der Waals surface area contributed by atoms with E-state index < -0.39 is 0 Å². The first-order chi connectivity index (χ1) is 7.47. The first-order valence-electron chi connectivity index (χ1n) is 4.82. The molecule has 5 heteroatoms. The number of nitrogens with two attached hydrogens (primary N) is 1. The normalized spacial score (nSPS) is 9.94. The maximum atomic E-state index is 11.3. The van der Waals surface area contributed by atoms with Crippen molar-refractivity contribution < 1.29 is 9.53 Å². The van der Waals surface area contributed by atoms with Gasteiger partial charge in [0.1, 0.15) is 5.00 Å². The molecule has 1 heterocycles. The molecule has 1 rings (SSSR count). The molecule has 4 nitrogen and oxygen atoms in total. The Hall–Kier alpha value is -1.49. The van der Waals surface area contributed by atoms with E-state index in [0.29, 0.717) is 22.9 Å². The van der Waals surface area contributed by atoms with Crippen molar-refractivity contribution in [3.63, 3.8) is 0 Å². The third-order valence-corrected chi connectivity index (χ3v) is 3.22. The zero-order valence-corrected chi connectivity index (χ0v) is 10.5. The van der Waals surface area contributed by atoms with Crippen molar-refractivity contribution in [2.75, 3.05) is 24.7 Å². The van der Waals surface area contributed by atoms with Crippen LogP contribution in [0.2, 0.25) is 0 Å². The van der Waals surface area contributed by atoms with Crippen LogP contribution in [-0.4, -0.2) is 19.4 Å². The third-order valence-electron chi connectivity index (χ3n) is 1.97. The summed E-state index contributed by atoms with van der Waals surface area (Å²) in [5, 5.41) is 3.91. The fraction of sp³-hybridized carbons (Fsp3) is 0.364. The number of thiophene rings is 1. The SMILES string of the molecule is C=C(C)CNc1sc(C(C)=O)c(N)c1OC. The van der Waals surface area contributed by atoms with Crippen LogP contribution in [0.1, 0.15) is 23.5 Å². The Kier molecular flexibility index (Phi) is 3.95. The summed E-state index contributed by atoms with van der Waals surface area (Å²) >= 11 is 1.31. The molecular formula is C11H16N2O2S. The number of rotatable bonds is 5. The van der Waals surface area contributed by atoms with Crippen molar-refractivity contribution in [3.05, 3.63) is 17.0 Å². The fourth-order valence-electron chi connectivity index (χ4n) is 1.24. The van der Waals surface area contributed by atoms with Crippen molar-refractivity contribution >= 4 is 27.8 Å². The van der Waals surface area contributed by atoms with Gasteiger partial charge in [0, 0.05) is 13.5 Å². The maximum Gasteiger partial charge on any atom is 0.176 e. The van der Waals surface area contributed by atoms with Crippen LogP contribution in [0.25, 0.3) is 0 Å². The van der Waals surface area contributed by atoms with Gasteiger partial charge >= 0.3 is 0 Å². The van der Waals surface area contributed by atoms with Crippen LogP contribution in [0, 0.1) is 0 Å². The number of hydrogen-bond donors (Lipinski definition) is 2. The van der Waals surface area contributed by atoms with Crippen LogP contribution in [-0.2, 0) is 0 Å². The highest BCUT2D eigenvalue weighted by molar-refractivity contribution is 7.19. The number of carbonyl (C=O) groups excluding carboxylic acids is 1. The minimum Gasteiger partial charge on any atom is -0.492 e. The van der Waals surface area contributed by atoms with Crippen molar-refractivity contribution in [2.45, 2.75) is 13.8 Å². The predicted molar refractivity (Wildman–Crippen MR) is 68.6 cm³/mol. The minimum atomic E-state index is -0.0517. The van der Waals surface area contributed by atoms with Gasteiger partial charge < -0.3 is 15.8 Å². The van der Waals surface area contributed by atoms with E-state index in [9.17, 15) is 4.79 Å². The van der Waals surface area contributed by atoms with Gasteiger partial charge in [-0.15, -0.1) is 11.3 Å². The molecule has 0 bridgehead atoms. The van der Waals surface area contributed by atoms with Crippen LogP contribution >= 0.6 is 11.3 Å². The molecule has 0 unspecified atom stereocenters. The highest BCUT2D eigenvalue weighted by atomic mass is 32.1. The van der Waals surface area contributed by atoms with Gasteiger partial charge in [0.2, 0.25) is 0 Å². The van der Waals surface area contributed by atoms with Gasteiger partial charge in [0.05, 0.1) is 17.7 Å². The van der Waals surface area contributed by atoms with Gasteiger partial charge in [0.15, 0.2) is 11.5 Å². The summed E-state index contributed by atoms with van der Waals surface area (Å²) < 4.78 is 5.18. The third kappa shape index (κ3) is 2.55. The topological polar surface area (TPSA) is 64.4 Å². The molecule has 0 fully saturated rings. The highest BCUT2D eigenvalue weighted by Crippen LogP contribution is 2.42. The van der Waals surface area contributed by atoms with Gasteiger partial charge in [-0.3, -0.25) is 4.79 Å². The Bertz CT molecular complexity index is 424. The summed E-state index contributed by atoms with van der Waals surface area (Å²) in [4.78, 5) is 11.8. The summed E-state index contributed by atoms with van der Waals surface area (Å²) in [6, 6.07) is 0. The minimum absolute atomic E-state index is 0.0517. The zero-order valence-electron chi connectivity index (χ0n) is 9.72.